The van der Waals surface area contributed by atoms with Crippen molar-refractivity contribution in [2.45, 2.75) is 0 Å². The third-order valence-electron chi connectivity index (χ3n) is 3.61. The number of aliphatic imine (C=N–C) groups is 1. The molecule has 0 spiro atoms. The molecule has 0 radical (unpaired) electrons. The number of carbonyl (C=O) groups excluding carboxylic acids is 1. The Hall–Kier alpha value is -3.74. The van der Waals surface area contributed by atoms with E-state index in [0.29, 0.717) is 5.75 Å². The van der Waals surface area contributed by atoms with Crippen LogP contribution in [0.3, 0.4) is 0 Å². The smallest absolute Gasteiger partial charge is 0.363 e. The van der Waals surface area contributed by atoms with Crippen molar-refractivity contribution in [3.05, 3.63) is 81.5 Å². The summed E-state index contributed by atoms with van der Waals surface area (Å²) in [5.74, 6) is 0.109. The van der Waals surface area contributed by atoms with Crippen molar-refractivity contribution >= 4 is 29.7 Å². The summed E-state index contributed by atoms with van der Waals surface area (Å²) in [5.41, 5.74) is 0.966. The lowest BCUT2D eigenvalue weighted by Gasteiger charge is -2.02. The number of methoxy groups -OCH3 is 1. The van der Waals surface area contributed by atoms with Gasteiger partial charge in [0.15, 0.2) is 5.70 Å². The van der Waals surface area contributed by atoms with Crippen molar-refractivity contribution in [1.82, 2.24) is 0 Å². The highest BCUT2D eigenvalue weighted by atomic mass is 16.6. The van der Waals surface area contributed by atoms with Crippen LogP contribution < -0.4 is 4.74 Å². The Balaban J connectivity index is 1.88. The van der Waals surface area contributed by atoms with Gasteiger partial charge in [0.2, 0.25) is 5.90 Å². The Morgan fingerprint density at radius 2 is 1.77 bits per heavy atom. The number of rotatable bonds is 5. The molecule has 26 heavy (non-hydrogen) atoms. The third-order valence-corrected chi connectivity index (χ3v) is 3.61. The number of benzene rings is 2. The lowest BCUT2D eigenvalue weighted by molar-refractivity contribution is -0.385. The van der Waals surface area contributed by atoms with Crippen LogP contribution in [0.2, 0.25) is 0 Å². The molecule has 1 aliphatic heterocycles. The van der Waals surface area contributed by atoms with Crippen molar-refractivity contribution in [3.63, 3.8) is 0 Å². The Labute approximate surface area is 149 Å². The standard InChI is InChI=1S/C19H14N2O5/c1-25-17-9-5-3-6-13(17)10-11-18-20-15(19(22)26-18)12-14-7-2-4-8-16(14)21(23)24/h2-12H,1H3. The second-order valence-electron chi connectivity index (χ2n) is 5.26. The highest BCUT2D eigenvalue weighted by Crippen LogP contribution is 2.24. The minimum Gasteiger partial charge on any atom is -0.496 e. The molecule has 0 aromatic heterocycles. The summed E-state index contributed by atoms with van der Waals surface area (Å²) in [7, 11) is 1.56. The predicted molar refractivity (Wildman–Crippen MR) is 96.6 cm³/mol. The van der Waals surface area contributed by atoms with E-state index >= 15 is 0 Å². The number of nitrogens with zero attached hydrogens (tertiary/aromatic N) is 2. The number of hydrogen-bond donors (Lipinski definition) is 0. The highest BCUT2D eigenvalue weighted by molar-refractivity contribution is 6.11. The van der Waals surface area contributed by atoms with Crippen LogP contribution >= 0.6 is 0 Å². The molecule has 7 heteroatoms. The average molecular weight is 350 g/mol. The molecule has 0 atom stereocenters. The number of cyclic esters (lactones) is 1. The zero-order valence-electron chi connectivity index (χ0n) is 13.8. The first-order valence-electron chi connectivity index (χ1n) is 7.65. The number of esters is 1. The minimum atomic E-state index is -0.664. The quantitative estimate of drug-likeness (QED) is 0.355. The zero-order valence-corrected chi connectivity index (χ0v) is 13.8. The fourth-order valence-corrected chi connectivity index (χ4v) is 2.39. The molecule has 2 aromatic rings. The predicted octanol–water partition coefficient (Wildman–Crippen LogP) is 3.61. The van der Waals surface area contributed by atoms with E-state index in [-0.39, 0.29) is 22.8 Å². The van der Waals surface area contributed by atoms with Gasteiger partial charge in [-0.3, -0.25) is 10.1 Å². The average Bonchev–Trinajstić information content (AvgIpc) is 3.00. The first-order chi connectivity index (χ1) is 12.6. The van der Waals surface area contributed by atoms with E-state index in [2.05, 4.69) is 4.99 Å². The van der Waals surface area contributed by atoms with Gasteiger partial charge in [-0.05, 0) is 24.3 Å². The van der Waals surface area contributed by atoms with Gasteiger partial charge in [-0.1, -0.05) is 30.3 Å². The number of para-hydroxylation sites is 2. The molecular formula is C19H14N2O5. The van der Waals surface area contributed by atoms with Gasteiger partial charge in [-0.15, -0.1) is 0 Å². The second-order valence-corrected chi connectivity index (χ2v) is 5.26. The second kappa shape index (κ2) is 7.43. The van der Waals surface area contributed by atoms with Crippen molar-refractivity contribution in [2.24, 2.45) is 4.99 Å². The Morgan fingerprint density at radius 3 is 2.50 bits per heavy atom. The van der Waals surface area contributed by atoms with Gasteiger partial charge in [0, 0.05) is 17.7 Å². The fraction of sp³-hybridized carbons (Fsp3) is 0.0526. The summed E-state index contributed by atoms with van der Waals surface area (Å²) in [4.78, 5) is 26.6. The molecule has 0 saturated carbocycles. The van der Waals surface area contributed by atoms with Crippen LogP contribution in [-0.4, -0.2) is 23.9 Å². The van der Waals surface area contributed by atoms with E-state index < -0.39 is 10.9 Å². The summed E-state index contributed by atoms with van der Waals surface area (Å²) >= 11 is 0. The Morgan fingerprint density at radius 1 is 1.08 bits per heavy atom. The maximum absolute atomic E-state index is 12.0. The van der Waals surface area contributed by atoms with Crippen LogP contribution in [0.5, 0.6) is 5.75 Å². The normalized spacial score (nSPS) is 15.2. The molecule has 2 aromatic carbocycles. The van der Waals surface area contributed by atoms with Gasteiger partial charge in [0.1, 0.15) is 5.75 Å². The summed E-state index contributed by atoms with van der Waals surface area (Å²) < 4.78 is 10.3. The molecule has 0 saturated heterocycles. The molecule has 7 nitrogen and oxygen atoms in total. The van der Waals surface area contributed by atoms with Crippen molar-refractivity contribution in [3.8, 4) is 5.75 Å². The Kier molecular flexibility index (Phi) is 4.89. The molecule has 3 rings (SSSR count). The fourth-order valence-electron chi connectivity index (χ4n) is 2.39. The Bertz CT molecular complexity index is 960. The van der Waals surface area contributed by atoms with E-state index in [0.717, 1.165) is 5.56 Å². The van der Waals surface area contributed by atoms with Gasteiger partial charge in [0.25, 0.3) is 5.69 Å². The van der Waals surface area contributed by atoms with Gasteiger partial charge < -0.3 is 9.47 Å². The lowest BCUT2D eigenvalue weighted by Crippen LogP contribution is -2.01. The highest BCUT2D eigenvalue weighted by Gasteiger charge is 2.23. The number of carbonyl (C=O) groups is 1. The molecule has 130 valence electrons. The molecule has 0 fully saturated rings. The summed E-state index contributed by atoms with van der Waals surface area (Å²) in [5, 5.41) is 11.1. The largest absolute Gasteiger partial charge is 0.496 e. The number of nitro benzene ring substituents is 1. The number of nitro groups is 1. The summed E-state index contributed by atoms with van der Waals surface area (Å²) in [6.07, 6.45) is 4.58. The number of hydrogen-bond acceptors (Lipinski definition) is 6. The first kappa shape index (κ1) is 17.1. The molecule has 0 aliphatic carbocycles. The van der Waals surface area contributed by atoms with E-state index in [4.69, 9.17) is 9.47 Å². The van der Waals surface area contributed by atoms with Crippen molar-refractivity contribution < 1.29 is 19.2 Å². The molecule has 0 unspecified atom stereocenters. The van der Waals surface area contributed by atoms with Crippen LogP contribution in [-0.2, 0) is 9.53 Å². The maximum Gasteiger partial charge on any atom is 0.363 e. The minimum absolute atomic E-state index is 0.000948. The molecule has 1 aliphatic rings. The van der Waals surface area contributed by atoms with Gasteiger partial charge in [-0.2, -0.15) is 0 Å². The van der Waals surface area contributed by atoms with Crippen LogP contribution in [0, 0.1) is 10.1 Å². The van der Waals surface area contributed by atoms with E-state index in [1.54, 1.807) is 25.3 Å². The monoisotopic (exact) mass is 350 g/mol. The summed E-state index contributed by atoms with van der Waals surface area (Å²) in [6, 6.07) is 13.4. The molecule has 0 bridgehead atoms. The SMILES string of the molecule is COc1ccccc1C=CC1=NC(=Cc2ccccc2[N+](=O)[O-])C(=O)O1. The summed E-state index contributed by atoms with van der Waals surface area (Å²) in [6.45, 7) is 0. The van der Waals surface area contributed by atoms with Crippen LogP contribution in [0.1, 0.15) is 11.1 Å². The van der Waals surface area contributed by atoms with Gasteiger partial charge >= 0.3 is 5.97 Å². The third kappa shape index (κ3) is 3.67. The topological polar surface area (TPSA) is 91.0 Å². The first-order valence-corrected chi connectivity index (χ1v) is 7.65. The van der Waals surface area contributed by atoms with E-state index in [1.807, 2.05) is 24.3 Å². The molecule has 1 heterocycles. The lowest BCUT2D eigenvalue weighted by atomic mass is 10.1. The van der Waals surface area contributed by atoms with Gasteiger partial charge in [-0.25, -0.2) is 9.79 Å². The zero-order chi connectivity index (χ0) is 18.5. The maximum atomic E-state index is 12.0. The van der Waals surface area contributed by atoms with Crippen LogP contribution in [0.15, 0.2) is 65.3 Å². The van der Waals surface area contributed by atoms with Crippen molar-refractivity contribution in [2.75, 3.05) is 7.11 Å². The molecular weight excluding hydrogens is 336 g/mol. The van der Waals surface area contributed by atoms with Crippen LogP contribution in [0.25, 0.3) is 12.2 Å². The number of ether oxygens (including phenoxy) is 2. The van der Waals surface area contributed by atoms with Crippen molar-refractivity contribution in [1.29, 1.82) is 0 Å². The van der Waals surface area contributed by atoms with Crippen LogP contribution in [0.4, 0.5) is 5.69 Å². The van der Waals surface area contributed by atoms with E-state index in [1.165, 1.54) is 24.3 Å². The molecule has 0 amide bonds. The molecule has 0 N–H and O–H groups in total. The van der Waals surface area contributed by atoms with E-state index in [9.17, 15) is 14.9 Å². The van der Waals surface area contributed by atoms with Gasteiger partial charge in [0.05, 0.1) is 17.6 Å².